The first kappa shape index (κ1) is 12.7. The summed E-state index contributed by atoms with van der Waals surface area (Å²) in [5.74, 6) is 0. The minimum absolute atomic E-state index is 0.0592. The van der Waals surface area contributed by atoms with Gasteiger partial charge in [0.15, 0.2) is 0 Å². The molecule has 2 fully saturated rings. The molecule has 1 aromatic rings. The smallest absolute Gasteiger partial charge is 0.293 e. The quantitative estimate of drug-likeness (QED) is 0.684. The lowest BCUT2D eigenvalue weighted by molar-refractivity contribution is -0.384. The van der Waals surface area contributed by atoms with Gasteiger partial charge in [-0.3, -0.25) is 15.0 Å². The van der Waals surface area contributed by atoms with Crippen LogP contribution in [0.25, 0.3) is 0 Å². The third kappa shape index (κ3) is 2.28. The maximum Gasteiger partial charge on any atom is 0.293 e. The Balaban J connectivity index is 1.85. The fourth-order valence-corrected chi connectivity index (χ4v) is 3.47. The van der Waals surface area contributed by atoms with Crippen LogP contribution >= 0.6 is 11.6 Å². The van der Waals surface area contributed by atoms with Crippen molar-refractivity contribution in [1.29, 1.82) is 0 Å². The van der Waals surface area contributed by atoms with E-state index in [0.29, 0.717) is 16.8 Å². The van der Waals surface area contributed by atoms with Crippen LogP contribution in [0.3, 0.4) is 0 Å². The van der Waals surface area contributed by atoms with Gasteiger partial charge in [-0.25, -0.2) is 0 Å². The van der Waals surface area contributed by atoms with E-state index in [1.165, 1.54) is 12.5 Å². The van der Waals surface area contributed by atoms with E-state index in [0.717, 1.165) is 25.9 Å². The lowest BCUT2D eigenvalue weighted by Gasteiger charge is -2.22. The van der Waals surface area contributed by atoms with Crippen LogP contribution in [0.1, 0.15) is 19.3 Å². The number of hydrogen-bond acceptors (Lipinski definition) is 4. The number of nitrogens with one attached hydrogen (secondary N) is 1. The van der Waals surface area contributed by atoms with Crippen molar-refractivity contribution in [3.05, 3.63) is 33.3 Å². The van der Waals surface area contributed by atoms with E-state index in [1.807, 2.05) is 0 Å². The van der Waals surface area contributed by atoms with Gasteiger partial charge >= 0.3 is 0 Å². The van der Waals surface area contributed by atoms with Crippen LogP contribution in [0.4, 0.5) is 11.4 Å². The van der Waals surface area contributed by atoms with Crippen molar-refractivity contribution in [3.63, 3.8) is 0 Å². The summed E-state index contributed by atoms with van der Waals surface area (Å²) in [4.78, 5) is 13.2. The molecule has 2 saturated heterocycles. The van der Waals surface area contributed by atoms with E-state index in [9.17, 15) is 10.1 Å². The highest BCUT2D eigenvalue weighted by Gasteiger charge is 2.38. The van der Waals surface area contributed by atoms with Gasteiger partial charge in [-0.05, 0) is 31.9 Å². The monoisotopic (exact) mass is 281 g/mol. The zero-order valence-corrected chi connectivity index (χ0v) is 11.3. The Morgan fingerprint density at radius 2 is 2.21 bits per heavy atom. The Bertz CT molecular complexity index is 509. The summed E-state index contributed by atoms with van der Waals surface area (Å²) in [6, 6.07) is 5.56. The van der Waals surface area contributed by atoms with Gasteiger partial charge in [-0.2, -0.15) is 0 Å². The first-order valence-electron chi connectivity index (χ1n) is 6.60. The molecule has 0 aromatic heterocycles. The van der Waals surface area contributed by atoms with Gasteiger partial charge in [0.1, 0.15) is 5.69 Å². The molecular formula is C13H16ClN3O2. The fourth-order valence-electron chi connectivity index (χ4n) is 3.24. The number of halogens is 1. The van der Waals surface area contributed by atoms with Crippen LogP contribution in [0, 0.1) is 10.1 Å². The average molecular weight is 282 g/mol. The van der Waals surface area contributed by atoms with Crippen LogP contribution in [-0.2, 0) is 0 Å². The molecule has 1 aromatic carbocycles. The number of nitrogens with zero attached hydrogens (tertiary/aromatic N) is 2. The second kappa shape index (κ2) is 4.98. The van der Waals surface area contributed by atoms with E-state index in [1.54, 1.807) is 12.1 Å². The molecule has 1 N–H and O–H groups in total. The number of anilines is 1. The summed E-state index contributed by atoms with van der Waals surface area (Å²) in [6.07, 6.45) is 3.40. The molecule has 6 heteroatoms. The van der Waals surface area contributed by atoms with Crippen LogP contribution < -0.4 is 5.32 Å². The third-order valence-corrected chi connectivity index (χ3v) is 4.44. The van der Waals surface area contributed by atoms with E-state index in [-0.39, 0.29) is 16.7 Å². The first-order chi connectivity index (χ1) is 9.16. The highest BCUT2D eigenvalue weighted by molar-refractivity contribution is 6.33. The fraction of sp³-hybridized carbons (Fsp3) is 0.538. The summed E-state index contributed by atoms with van der Waals surface area (Å²) in [6.45, 7) is 2.22. The number of rotatable bonds is 3. The van der Waals surface area contributed by atoms with Gasteiger partial charge in [0.25, 0.3) is 5.69 Å². The second-order valence-corrected chi connectivity index (χ2v) is 5.58. The number of benzene rings is 1. The minimum Gasteiger partial charge on any atom is -0.374 e. The van der Waals surface area contributed by atoms with E-state index in [4.69, 9.17) is 11.6 Å². The van der Waals surface area contributed by atoms with Crippen LogP contribution in [-0.4, -0.2) is 35.0 Å². The molecule has 0 amide bonds. The van der Waals surface area contributed by atoms with E-state index >= 15 is 0 Å². The standard InChI is InChI=1S/C13H16ClN3O2/c14-9-3-1-4-12(17(18)19)13(9)15-10-6-8-16-7-2-5-11(10)16/h1,3-4,10-11,15H,2,5-8H2. The molecular weight excluding hydrogens is 266 g/mol. The number of nitro groups is 1. The molecule has 0 saturated carbocycles. The molecule has 19 heavy (non-hydrogen) atoms. The molecule has 2 atom stereocenters. The number of nitro benzene ring substituents is 1. The minimum atomic E-state index is -0.379. The van der Waals surface area contributed by atoms with Crippen LogP contribution in [0.15, 0.2) is 18.2 Å². The zero-order chi connectivity index (χ0) is 13.4. The molecule has 2 heterocycles. The van der Waals surface area contributed by atoms with E-state index < -0.39 is 0 Å². The van der Waals surface area contributed by atoms with Crippen LogP contribution in [0.2, 0.25) is 5.02 Å². The van der Waals surface area contributed by atoms with Crippen molar-refractivity contribution in [2.24, 2.45) is 0 Å². The molecule has 5 nitrogen and oxygen atoms in total. The SMILES string of the molecule is O=[N+]([O-])c1cccc(Cl)c1NC1CCN2CCCC12. The molecule has 2 unspecified atom stereocenters. The maximum atomic E-state index is 11.1. The molecule has 3 rings (SSSR count). The maximum absolute atomic E-state index is 11.1. The topological polar surface area (TPSA) is 58.4 Å². The highest BCUT2D eigenvalue weighted by Crippen LogP contribution is 2.36. The Labute approximate surface area is 116 Å². The Hall–Kier alpha value is -1.33. The van der Waals surface area contributed by atoms with Crippen LogP contribution in [0.5, 0.6) is 0 Å². The van der Waals surface area contributed by atoms with Gasteiger partial charge < -0.3 is 5.32 Å². The Kier molecular flexibility index (Phi) is 3.33. The molecule has 0 radical (unpaired) electrons. The molecule has 102 valence electrons. The van der Waals surface area contributed by atoms with Crippen molar-refractivity contribution in [2.75, 3.05) is 18.4 Å². The Morgan fingerprint density at radius 3 is 3.00 bits per heavy atom. The van der Waals surface area contributed by atoms with Gasteiger partial charge in [0.2, 0.25) is 0 Å². The number of para-hydroxylation sites is 1. The molecule has 0 spiro atoms. The lowest BCUT2D eigenvalue weighted by Crippen LogP contribution is -2.34. The van der Waals surface area contributed by atoms with Crippen molar-refractivity contribution in [1.82, 2.24) is 4.90 Å². The summed E-state index contributed by atoms with van der Waals surface area (Å²) in [5.41, 5.74) is 0.525. The summed E-state index contributed by atoms with van der Waals surface area (Å²) >= 11 is 6.11. The van der Waals surface area contributed by atoms with Crippen molar-refractivity contribution >= 4 is 23.0 Å². The van der Waals surface area contributed by atoms with Gasteiger partial charge in [0.05, 0.1) is 9.95 Å². The summed E-state index contributed by atoms with van der Waals surface area (Å²) < 4.78 is 0. The van der Waals surface area contributed by atoms with Gasteiger partial charge in [-0.1, -0.05) is 17.7 Å². The molecule has 2 aliphatic rings. The predicted molar refractivity (Wildman–Crippen MR) is 74.7 cm³/mol. The van der Waals surface area contributed by atoms with Gasteiger partial charge in [0, 0.05) is 24.7 Å². The zero-order valence-electron chi connectivity index (χ0n) is 10.5. The first-order valence-corrected chi connectivity index (χ1v) is 6.98. The molecule has 2 aliphatic heterocycles. The highest BCUT2D eigenvalue weighted by atomic mass is 35.5. The number of fused-ring (bicyclic) bond motifs is 1. The van der Waals surface area contributed by atoms with Crippen molar-refractivity contribution in [3.8, 4) is 0 Å². The second-order valence-electron chi connectivity index (χ2n) is 5.18. The Morgan fingerprint density at radius 1 is 1.37 bits per heavy atom. The number of hydrogen-bond donors (Lipinski definition) is 1. The van der Waals surface area contributed by atoms with Gasteiger partial charge in [-0.15, -0.1) is 0 Å². The molecule has 0 bridgehead atoms. The summed E-state index contributed by atoms with van der Waals surface area (Å²) in [5, 5.41) is 14.8. The largest absolute Gasteiger partial charge is 0.374 e. The summed E-state index contributed by atoms with van der Waals surface area (Å²) in [7, 11) is 0. The predicted octanol–water partition coefficient (Wildman–Crippen LogP) is 2.90. The average Bonchev–Trinajstić information content (AvgIpc) is 2.95. The normalized spacial score (nSPS) is 26.4. The third-order valence-electron chi connectivity index (χ3n) is 4.12. The van der Waals surface area contributed by atoms with Crippen molar-refractivity contribution < 1.29 is 4.92 Å². The lowest BCUT2D eigenvalue weighted by atomic mass is 10.1. The van der Waals surface area contributed by atoms with E-state index in [2.05, 4.69) is 10.2 Å². The van der Waals surface area contributed by atoms with Crippen molar-refractivity contribution in [2.45, 2.75) is 31.3 Å². The molecule has 0 aliphatic carbocycles.